The van der Waals surface area contributed by atoms with Gasteiger partial charge >= 0.3 is 0 Å². The van der Waals surface area contributed by atoms with Gasteiger partial charge in [-0.15, -0.1) is 11.3 Å². The van der Waals surface area contributed by atoms with Gasteiger partial charge in [0, 0.05) is 5.75 Å². The van der Waals surface area contributed by atoms with Gasteiger partial charge in [-0.05, 0) is 37.3 Å². The topological polar surface area (TPSA) is 12.9 Å². The molecular weight excluding hydrogens is 258 g/mol. The van der Waals surface area contributed by atoms with E-state index in [1.54, 1.807) is 0 Å². The minimum absolute atomic E-state index is 0.928. The maximum absolute atomic E-state index is 4.78. The van der Waals surface area contributed by atoms with Crippen molar-refractivity contribution in [1.29, 1.82) is 0 Å². The van der Waals surface area contributed by atoms with Crippen LogP contribution in [0, 0.1) is 12.8 Å². The molecule has 18 heavy (non-hydrogen) atoms. The lowest BCUT2D eigenvalue weighted by molar-refractivity contribution is 0.391. The zero-order valence-corrected chi connectivity index (χ0v) is 12.4. The molecule has 2 aromatic rings. The lowest BCUT2D eigenvalue weighted by Gasteiger charge is -2.20. The van der Waals surface area contributed by atoms with Gasteiger partial charge in [0.15, 0.2) is 4.34 Å². The molecule has 0 aliphatic heterocycles. The first-order chi connectivity index (χ1) is 8.83. The molecular formula is C15H19NS2. The molecule has 1 saturated carbocycles. The van der Waals surface area contributed by atoms with E-state index in [2.05, 4.69) is 25.1 Å². The van der Waals surface area contributed by atoms with Crippen LogP contribution in [-0.4, -0.2) is 10.7 Å². The van der Waals surface area contributed by atoms with Gasteiger partial charge < -0.3 is 0 Å². The molecule has 0 N–H and O–H groups in total. The van der Waals surface area contributed by atoms with Crippen LogP contribution in [-0.2, 0) is 0 Å². The second-order valence-corrected chi connectivity index (χ2v) is 7.51. The number of rotatable bonds is 3. The van der Waals surface area contributed by atoms with Crippen LogP contribution in [0.15, 0.2) is 22.5 Å². The number of hydrogen-bond donors (Lipinski definition) is 0. The number of hydrogen-bond acceptors (Lipinski definition) is 3. The third-order valence-corrected chi connectivity index (χ3v) is 6.16. The number of aromatic nitrogens is 1. The van der Waals surface area contributed by atoms with Gasteiger partial charge in [-0.1, -0.05) is 43.2 Å². The van der Waals surface area contributed by atoms with Gasteiger partial charge in [0.2, 0.25) is 0 Å². The predicted octanol–water partition coefficient (Wildman–Crippen LogP) is 5.28. The summed E-state index contributed by atoms with van der Waals surface area (Å²) in [5, 5.41) is 0. The SMILES string of the molecule is Cc1cccc2sc(SCC3CCCCC3)nc12. The van der Waals surface area contributed by atoms with Crippen molar-refractivity contribution < 1.29 is 0 Å². The van der Waals surface area contributed by atoms with Gasteiger partial charge in [0.05, 0.1) is 10.2 Å². The maximum atomic E-state index is 4.78. The van der Waals surface area contributed by atoms with Gasteiger partial charge in [-0.3, -0.25) is 0 Å². The molecule has 1 heterocycles. The highest BCUT2D eigenvalue weighted by Gasteiger charge is 2.15. The second-order valence-electron chi connectivity index (χ2n) is 5.22. The van der Waals surface area contributed by atoms with E-state index in [9.17, 15) is 0 Å². The first kappa shape index (κ1) is 12.5. The predicted molar refractivity (Wildman–Crippen MR) is 81.7 cm³/mol. The van der Waals surface area contributed by atoms with E-state index in [0.717, 1.165) is 5.92 Å². The molecule has 1 aliphatic rings. The lowest BCUT2D eigenvalue weighted by Crippen LogP contribution is -2.08. The molecule has 3 rings (SSSR count). The van der Waals surface area contributed by atoms with Crippen LogP contribution in [0.1, 0.15) is 37.7 Å². The highest BCUT2D eigenvalue weighted by atomic mass is 32.2. The molecule has 3 heteroatoms. The van der Waals surface area contributed by atoms with E-state index in [-0.39, 0.29) is 0 Å². The Bertz CT molecular complexity index is 526. The quantitative estimate of drug-likeness (QED) is 0.708. The van der Waals surface area contributed by atoms with E-state index in [0.29, 0.717) is 0 Å². The van der Waals surface area contributed by atoms with E-state index in [1.165, 1.54) is 58.0 Å². The Morgan fingerprint density at radius 2 is 2.11 bits per heavy atom. The number of nitrogens with zero attached hydrogens (tertiary/aromatic N) is 1. The van der Waals surface area contributed by atoms with Crippen molar-refractivity contribution in [2.24, 2.45) is 5.92 Å². The summed E-state index contributed by atoms with van der Waals surface area (Å²) in [6.07, 6.45) is 7.17. The van der Waals surface area contributed by atoms with Gasteiger partial charge in [-0.2, -0.15) is 0 Å². The highest BCUT2D eigenvalue weighted by Crippen LogP contribution is 2.34. The number of benzene rings is 1. The number of para-hydroxylation sites is 1. The average molecular weight is 277 g/mol. The molecule has 1 nitrogen and oxygen atoms in total. The van der Waals surface area contributed by atoms with Crippen LogP contribution in [0.2, 0.25) is 0 Å². The Hall–Kier alpha value is -0.540. The normalized spacial score (nSPS) is 17.4. The number of thiazole rings is 1. The summed E-state index contributed by atoms with van der Waals surface area (Å²) in [5.41, 5.74) is 2.50. The maximum Gasteiger partial charge on any atom is 0.151 e. The highest BCUT2D eigenvalue weighted by molar-refractivity contribution is 8.01. The summed E-state index contributed by atoms with van der Waals surface area (Å²) < 4.78 is 2.59. The first-order valence-corrected chi connectivity index (χ1v) is 8.62. The number of fused-ring (bicyclic) bond motifs is 1. The summed E-state index contributed by atoms with van der Waals surface area (Å²) in [7, 11) is 0. The van der Waals surface area contributed by atoms with Crippen LogP contribution < -0.4 is 0 Å². The zero-order valence-electron chi connectivity index (χ0n) is 10.8. The molecule has 1 fully saturated rings. The Labute approximate surface area is 117 Å². The number of thioether (sulfide) groups is 1. The molecule has 0 saturated heterocycles. The summed E-state index contributed by atoms with van der Waals surface area (Å²) in [6, 6.07) is 6.47. The summed E-state index contributed by atoms with van der Waals surface area (Å²) >= 11 is 3.82. The average Bonchev–Trinajstić information content (AvgIpc) is 2.82. The monoisotopic (exact) mass is 277 g/mol. The van der Waals surface area contributed by atoms with Crippen molar-refractivity contribution >= 4 is 33.3 Å². The van der Waals surface area contributed by atoms with Crippen molar-refractivity contribution in [3.8, 4) is 0 Å². The van der Waals surface area contributed by atoms with Gasteiger partial charge in [0.1, 0.15) is 0 Å². The Morgan fingerprint density at radius 1 is 1.28 bits per heavy atom. The van der Waals surface area contributed by atoms with Gasteiger partial charge in [-0.25, -0.2) is 4.98 Å². The van der Waals surface area contributed by atoms with Crippen LogP contribution in [0.25, 0.3) is 10.2 Å². The summed E-state index contributed by atoms with van der Waals surface area (Å²) in [4.78, 5) is 4.78. The molecule has 0 spiro atoms. The first-order valence-electron chi connectivity index (χ1n) is 6.82. The molecule has 0 unspecified atom stereocenters. The molecule has 1 aromatic heterocycles. The number of aryl methyl sites for hydroxylation is 1. The van der Waals surface area contributed by atoms with Crippen molar-refractivity contribution in [3.63, 3.8) is 0 Å². The Morgan fingerprint density at radius 3 is 2.89 bits per heavy atom. The van der Waals surface area contributed by atoms with Crippen molar-refractivity contribution in [2.45, 2.75) is 43.4 Å². The molecule has 1 aliphatic carbocycles. The molecule has 96 valence electrons. The van der Waals surface area contributed by atoms with E-state index >= 15 is 0 Å². The van der Waals surface area contributed by atoms with Crippen LogP contribution in [0.4, 0.5) is 0 Å². The fourth-order valence-corrected chi connectivity index (χ4v) is 5.02. The standard InChI is InChI=1S/C15H19NS2/c1-11-6-5-9-13-14(11)16-15(18-13)17-10-12-7-3-2-4-8-12/h5-6,9,12H,2-4,7-8,10H2,1H3. The van der Waals surface area contributed by atoms with Crippen molar-refractivity contribution in [3.05, 3.63) is 23.8 Å². The molecule has 0 radical (unpaired) electrons. The second kappa shape index (κ2) is 5.62. The zero-order chi connectivity index (χ0) is 12.4. The fraction of sp³-hybridized carbons (Fsp3) is 0.533. The van der Waals surface area contributed by atoms with Crippen LogP contribution >= 0.6 is 23.1 Å². The molecule has 1 aromatic carbocycles. The third kappa shape index (κ3) is 2.72. The van der Waals surface area contributed by atoms with Crippen LogP contribution in [0.3, 0.4) is 0 Å². The molecule has 0 bridgehead atoms. The molecule has 0 amide bonds. The van der Waals surface area contributed by atoms with E-state index in [1.807, 2.05) is 23.1 Å². The summed E-state index contributed by atoms with van der Waals surface area (Å²) in [6.45, 7) is 2.15. The Balaban J connectivity index is 1.69. The minimum Gasteiger partial charge on any atom is -0.229 e. The van der Waals surface area contributed by atoms with E-state index < -0.39 is 0 Å². The lowest BCUT2D eigenvalue weighted by atomic mass is 9.91. The van der Waals surface area contributed by atoms with E-state index in [4.69, 9.17) is 4.98 Å². The minimum atomic E-state index is 0.928. The van der Waals surface area contributed by atoms with Crippen LogP contribution in [0.5, 0.6) is 0 Å². The van der Waals surface area contributed by atoms with Gasteiger partial charge in [0.25, 0.3) is 0 Å². The smallest absolute Gasteiger partial charge is 0.151 e. The third-order valence-electron chi connectivity index (χ3n) is 3.77. The van der Waals surface area contributed by atoms with Crippen molar-refractivity contribution in [2.75, 3.05) is 5.75 Å². The largest absolute Gasteiger partial charge is 0.229 e. The Kier molecular flexibility index (Phi) is 3.90. The summed E-state index contributed by atoms with van der Waals surface area (Å²) in [5.74, 6) is 2.19. The molecule has 0 atom stereocenters. The van der Waals surface area contributed by atoms with Crippen molar-refractivity contribution in [1.82, 2.24) is 4.98 Å². The fourth-order valence-electron chi connectivity index (χ4n) is 2.67.